The van der Waals surface area contributed by atoms with Crippen LogP contribution in [0.1, 0.15) is 23.6 Å². The van der Waals surface area contributed by atoms with E-state index in [1.165, 1.54) is 0 Å². The highest BCUT2D eigenvalue weighted by Crippen LogP contribution is 2.23. The van der Waals surface area contributed by atoms with Crippen LogP contribution in [0.15, 0.2) is 30.6 Å². The molecule has 0 spiro atoms. The molecule has 2 atom stereocenters. The van der Waals surface area contributed by atoms with Gasteiger partial charge in [-0.1, -0.05) is 23.7 Å². The fraction of sp³-hybridized carbons (Fsp3) is 0.467. The number of aromatic nitrogens is 3. The lowest BCUT2D eigenvalue weighted by molar-refractivity contribution is -0.0474. The SMILES string of the molecule is Cn1cnnc1[C@H]1CN(C[C@H](O)c2ccc(Cl)cc2)CCO1. The number of ether oxygens (including phenoxy) is 1. The summed E-state index contributed by atoms with van der Waals surface area (Å²) in [5.74, 6) is 0.811. The Morgan fingerprint density at radius 3 is 2.86 bits per heavy atom. The fourth-order valence-corrected chi connectivity index (χ4v) is 2.77. The van der Waals surface area contributed by atoms with Crippen LogP contribution in [-0.4, -0.2) is 51.0 Å². The molecule has 2 aromatic rings. The Balaban J connectivity index is 1.63. The maximum absolute atomic E-state index is 10.4. The van der Waals surface area contributed by atoms with Gasteiger partial charge in [0.25, 0.3) is 0 Å². The Hall–Kier alpha value is -1.47. The molecule has 0 aliphatic carbocycles. The predicted molar refractivity (Wildman–Crippen MR) is 82.5 cm³/mol. The van der Waals surface area contributed by atoms with E-state index >= 15 is 0 Å². The Labute approximate surface area is 134 Å². The smallest absolute Gasteiger partial charge is 0.163 e. The first-order valence-electron chi connectivity index (χ1n) is 7.25. The predicted octanol–water partition coefficient (Wildman–Crippen LogP) is 1.58. The number of hydrogen-bond acceptors (Lipinski definition) is 5. The van der Waals surface area contributed by atoms with Crippen LogP contribution in [0.2, 0.25) is 5.02 Å². The van der Waals surface area contributed by atoms with E-state index in [-0.39, 0.29) is 6.10 Å². The molecule has 3 rings (SSSR count). The molecule has 1 saturated heterocycles. The summed E-state index contributed by atoms with van der Waals surface area (Å²) in [5.41, 5.74) is 0.867. The van der Waals surface area contributed by atoms with Gasteiger partial charge in [0.05, 0.1) is 12.7 Å². The number of aryl methyl sites for hydroxylation is 1. The summed E-state index contributed by atoms with van der Waals surface area (Å²) in [6.07, 6.45) is 1.01. The third-order valence-electron chi connectivity index (χ3n) is 3.87. The topological polar surface area (TPSA) is 63.4 Å². The molecule has 1 N–H and O–H groups in total. The molecule has 1 aromatic carbocycles. The zero-order valence-electron chi connectivity index (χ0n) is 12.4. The van der Waals surface area contributed by atoms with Crippen LogP contribution in [0.5, 0.6) is 0 Å². The summed E-state index contributed by atoms with van der Waals surface area (Å²) in [4.78, 5) is 2.18. The van der Waals surface area contributed by atoms with Crippen molar-refractivity contribution in [2.24, 2.45) is 7.05 Å². The molecule has 1 aliphatic heterocycles. The van der Waals surface area contributed by atoms with E-state index in [4.69, 9.17) is 16.3 Å². The first-order chi connectivity index (χ1) is 10.6. The number of morpholine rings is 1. The van der Waals surface area contributed by atoms with Crippen molar-refractivity contribution in [3.8, 4) is 0 Å². The lowest BCUT2D eigenvalue weighted by Gasteiger charge is -2.33. The Kier molecular flexibility index (Phi) is 4.73. The standard InChI is InChI=1S/C15H19ClN4O2/c1-19-10-17-18-15(19)14-9-20(6-7-22-14)8-13(21)11-2-4-12(16)5-3-11/h2-5,10,13-14,21H,6-9H2,1H3/t13-,14+/m0/s1. The fourth-order valence-electron chi connectivity index (χ4n) is 2.64. The van der Waals surface area contributed by atoms with E-state index in [0.29, 0.717) is 24.7 Å². The van der Waals surface area contributed by atoms with Crippen molar-refractivity contribution in [2.75, 3.05) is 26.2 Å². The quantitative estimate of drug-likeness (QED) is 0.926. The molecule has 2 heterocycles. The maximum Gasteiger partial charge on any atom is 0.163 e. The van der Waals surface area contributed by atoms with Gasteiger partial charge in [0, 0.05) is 31.7 Å². The summed E-state index contributed by atoms with van der Waals surface area (Å²) in [7, 11) is 1.90. The highest BCUT2D eigenvalue weighted by atomic mass is 35.5. The van der Waals surface area contributed by atoms with Crippen LogP contribution >= 0.6 is 11.6 Å². The molecule has 0 bridgehead atoms. The van der Waals surface area contributed by atoms with Crippen LogP contribution in [-0.2, 0) is 11.8 Å². The molecule has 1 aromatic heterocycles. The van der Waals surface area contributed by atoms with Crippen molar-refractivity contribution in [3.05, 3.63) is 47.0 Å². The maximum atomic E-state index is 10.4. The van der Waals surface area contributed by atoms with Gasteiger partial charge in [0.1, 0.15) is 12.4 Å². The summed E-state index contributed by atoms with van der Waals surface area (Å²) in [6.45, 7) is 2.65. The first-order valence-corrected chi connectivity index (χ1v) is 7.62. The molecule has 7 heteroatoms. The van der Waals surface area contributed by atoms with E-state index in [2.05, 4.69) is 15.1 Å². The van der Waals surface area contributed by atoms with Gasteiger partial charge in [-0.3, -0.25) is 4.90 Å². The van der Waals surface area contributed by atoms with Crippen LogP contribution in [0.3, 0.4) is 0 Å². The van der Waals surface area contributed by atoms with Crippen LogP contribution in [0.4, 0.5) is 0 Å². The van der Waals surface area contributed by atoms with Crippen LogP contribution in [0.25, 0.3) is 0 Å². The normalized spacial score (nSPS) is 21.0. The van der Waals surface area contributed by atoms with E-state index in [1.807, 2.05) is 23.7 Å². The average Bonchev–Trinajstić information content (AvgIpc) is 2.94. The Bertz CT molecular complexity index is 616. The Morgan fingerprint density at radius 2 is 2.18 bits per heavy atom. The van der Waals surface area contributed by atoms with E-state index < -0.39 is 6.10 Å². The van der Waals surface area contributed by atoms with Crippen molar-refractivity contribution in [1.82, 2.24) is 19.7 Å². The van der Waals surface area contributed by atoms with Gasteiger partial charge in [0.2, 0.25) is 0 Å². The minimum Gasteiger partial charge on any atom is -0.387 e. The highest BCUT2D eigenvalue weighted by molar-refractivity contribution is 6.30. The number of β-amino-alcohol motifs (C(OH)–C–C–N with tert-alkyl or cyclic N) is 1. The van der Waals surface area contributed by atoms with E-state index in [0.717, 1.165) is 17.9 Å². The van der Waals surface area contributed by atoms with Crippen molar-refractivity contribution in [1.29, 1.82) is 0 Å². The average molecular weight is 323 g/mol. The summed E-state index contributed by atoms with van der Waals surface area (Å²) < 4.78 is 7.64. The lowest BCUT2D eigenvalue weighted by atomic mass is 10.1. The molecule has 1 aliphatic rings. The third kappa shape index (κ3) is 3.47. The van der Waals surface area contributed by atoms with Gasteiger partial charge in [-0.15, -0.1) is 10.2 Å². The molecular weight excluding hydrogens is 304 g/mol. The number of benzene rings is 1. The van der Waals surface area contributed by atoms with Gasteiger partial charge in [-0.05, 0) is 17.7 Å². The minimum atomic E-state index is -0.546. The second-order valence-electron chi connectivity index (χ2n) is 5.49. The van der Waals surface area contributed by atoms with Gasteiger partial charge in [-0.25, -0.2) is 0 Å². The second-order valence-corrected chi connectivity index (χ2v) is 5.92. The number of aliphatic hydroxyl groups is 1. The molecule has 118 valence electrons. The second kappa shape index (κ2) is 6.75. The van der Waals surface area contributed by atoms with Crippen LogP contribution in [0, 0.1) is 0 Å². The van der Waals surface area contributed by atoms with E-state index in [9.17, 15) is 5.11 Å². The minimum absolute atomic E-state index is 0.112. The number of halogens is 1. The summed E-state index contributed by atoms with van der Waals surface area (Å²) in [5, 5.41) is 19.0. The third-order valence-corrected chi connectivity index (χ3v) is 4.12. The van der Waals surface area contributed by atoms with Gasteiger partial charge in [-0.2, -0.15) is 0 Å². The summed E-state index contributed by atoms with van der Waals surface area (Å²) >= 11 is 5.88. The van der Waals surface area contributed by atoms with Crippen molar-refractivity contribution >= 4 is 11.6 Å². The zero-order chi connectivity index (χ0) is 15.5. The molecular formula is C15H19ClN4O2. The molecule has 0 unspecified atom stereocenters. The van der Waals surface area contributed by atoms with E-state index in [1.54, 1.807) is 18.5 Å². The number of hydrogen-bond donors (Lipinski definition) is 1. The molecule has 0 saturated carbocycles. The molecule has 1 fully saturated rings. The van der Waals surface area contributed by atoms with Gasteiger partial charge >= 0.3 is 0 Å². The summed E-state index contributed by atoms with van der Waals surface area (Å²) in [6, 6.07) is 7.30. The first kappa shape index (κ1) is 15.4. The molecule has 6 nitrogen and oxygen atoms in total. The van der Waals surface area contributed by atoms with Gasteiger partial charge in [0.15, 0.2) is 5.82 Å². The monoisotopic (exact) mass is 322 g/mol. The van der Waals surface area contributed by atoms with Crippen molar-refractivity contribution in [2.45, 2.75) is 12.2 Å². The number of nitrogens with zero attached hydrogens (tertiary/aromatic N) is 4. The van der Waals surface area contributed by atoms with Gasteiger partial charge < -0.3 is 14.4 Å². The molecule has 0 radical (unpaired) electrons. The number of aliphatic hydroxyl groups excluding tert-OH is 1. The van der Waals surface area contributed by atoms with Crippen molar-refractivity contribution in [3.63, 3.8) is 0 Å². The lowest BCUT2D eigenvalue weighted by Crippen LogP contribution is -2.41. The van der Waals surface area contributed by atoms with Crippen LogP contribution < -0.4 is 0 Å². The largest absolute Gasteiger partial charge is 0.387 e. The Morgan fingerprint density at radius 1 is 1.41 bits per heavy atom. The molecule has 22 heavy (non-hydrogen) atoms. The molecule has 0 amide bonds. The van der Waals surface area contributed by atoms with Crippen molar-refractivity contribution < 1.29 is 9.84 Å². The zero-order valence-corrected chi connectivity index (χ0v) is 13.1. The highest BCUT2D eigenvalue weighted by Gasteiger charge is 2.26. The number of rotatable bonds is 4.